The minimum absolute atomic E-state index is 0.0610. The van der Waals surface area contributed by atoms with E-state index in [-0.39, 0.29) is 5.91 Å². The van der Waals surface area contributed by atoms with E-state index in [1.54, 1.807) is 34.6 Å². The zero-order chi connectivity index (χ0) is 18.4. The van der Waals surface area contributed by atoms with Gasteiger partial charge < -0.3 is 15.1 Å². The summed E-state index contributed by atoms with van der Waals surface area (Å²) in [6, 6.07) is 10.3. The van der Waals surface area contributed by atoms with Crippen LogP contribution in [0.3, 0.4) is 0 Å². The second-order valence-corrected chi connectivity index (χ2v) is 7.14. The fourth-order valence-electron chi connectivity index (χ4n) is 2.86. The van der Waals surface area contributed by atoms with Gasteiger partial charge in [0.2, 0.25) is 5.91 Å². The summed E-state index contributed by atoms with van der Waals surface area (Å²) in [6.45, 7) is 2.49. The summed E-state index contributed by atoms with van der Waals surface area (Å²) >= 11 is 1.80. The van der Waals surface area contributed by atoms with Crippen LogP contribution in [0.5, 0.6) is 0 Å². The molecule has 0 radical (unpaired) electrons. The van der Waals surface area contributed by atoms with Crippen LogP contribution in [0.25, 0.3) is 0 Å². The van der Waals surface area contributed by atoms with Crippen molar-refractivity contribution in [2.24, 2.45) is 12.0 Å². The standard InChI is InChI=1S/C18H24N6OS/c1-19-18(20-8-11-26-16-6-4-3-5-7-16)23-9-10-24(17(25)14-23)15-12-21-22(2)13-15/h3-7,12-13H,8-11,14H2,1-2H3,(H,19,20). The topological polar surface area (TPSA) is 65.8 Å². The number of thioether (sulfide) groups is 1. The summed E-state index contributed by atoms with van der Waals surface area (Å²) in [4.78, 5) is 21.9. The van der Waals surface area contributed by atoms with E-state index in [0.29, 0.717) is 13.1 Å². The van der Waals surface area contributed by atoms with Gasteiger partial charge in [0.25, 0.3) is 0 Å². The van der Waals surface area contributed by atoms with Crippen LogP contribution < -0.4 is 10.2 Å². The number of aromatic nitrogens is 2. The van der Waals surface area contributed by atoms with Gasteiger partial charge in [0, 0.05) is 50.6 Å². The van der Waals surface area contributed by atoms with Crippen molar-refractivity contribution < 1.29 is 4.79 Å². The van der Waals surface area contributed by atoms with Crippen LogP contribution in [-0.2, 0) is 11.8 Å². The van der Waals surface area contributed by atoms with Crippen LogP contribution >= 0.6 is 11.8 Å². The maximum absolute atomic E-state index is 12.5. The second-order valence-electron chi connectivity index (χ2n) is 5.97. The van der Waals surface area contributed by atoms with Crippen LogP contribution in [-0.4, -0.2) is 65.5 Å². The molecule has 7 nitrogen and oxygen atoms in total. The molecule has 8 heteroatoms. The fraction of sp³-hybridized carbons (Fsp3) is 0.389. The first-order valence-electron chi connectivity index (χ1n) is 8.60. The van der Waals surface area contributed by atoms with Gasteiger partial charge in [0.05, 0.1) is 11.9 Å². The quantitative estimate of drug-likeness (QED) is 0.372. The molecular formula is C18H24N6OS. The molecule has 0 aliphatic carbocycles. The molecular weight excluding hydrogens is 348 g/mol. The predicted octanol–water partition coefficient (Wildman–Crippen LogP) is 1.44. The van der Waals surface area contributed by atoms with Crippen LogP contribution in [0.1, 0.15) is 0 Å². The van der Waals surface area contributed by atoms with Crippen LogP contribution in [0.15, 0.2) is 52.6 Å². The van der Waals surface area contributed by atoms with E-state index in [9.17, 15) is 4.79 Å². The summed E-state index contributed by atoms with van der Waals surface area (Å²) < 4.78 is 1.71. The van der Waals surface area contributed by atoms with Gasteiger partial charge in [-0.25, -0.2) is 0 Å². The first-order chi connectivity index (χ1) is 12.7. The second kappa shape index (κ2) is 8.75. The number of aliphatic imine (C=N–C) groups is 1. The number of guanidine groups is 1. The lowest BCUT2D eigenvalue weighted by molar-refractivity contribution is -0.120. The highest BCUT2D eigenvalue weighted by Crippen LogP contribution is 2.17. The molecule has 3 rings (SSSR count). The van der Waals surface area contributed by atoms with Gasteiger partial charge in [-0.1, -0.05) is 18.2 Å². The summed E-state index contributed by atoms with van der Waals surface area (Å²) in [6.07, 6.45) is 3.59. The maximum atomic E-state index is 12.5. The van der Waals surface area contributed by atoms with Gasteiger partial charge in [-0.05, 0) is 12.1 Å². The number of anilines is 1. The Bertz CT molecular complexity index is 760. The molecule has 1 aromatic carbocycles. The Morgan fingerprint density at radius 1 is 1.31 bits per heavy atom. The largest absolute Gasteiger partial charge is 0.355 e. The lowest BCUT2D eigenvalue weighted by Crippen LogP contribution is -2.55. The fourth-order valence-corrected chi connectivity index (χ4v) is 3.64. The third-order valence-corrected chi connectivity index (χ3v) is 5.15. The zero-order valence-corrected chi connectivity index (χ0v) is 15.9. The molecule has 0 spiro atoms. The normalized spacial score (nSPS) is 15.5. The van der Waals surface area contributed by atoms with E-state index in [1.807, 2.05) is 36.3 Å². The first-order valence-corrected chi connectivity index (χ1v) is 9.58. The van der Waals surface area contributed by atoms with Gasteiger partial charge in [0.1, 0.15) is 6.54 Å². The third-order valence-electron chi connectivity index (χ3n) is 4.13. The highest BCUT2D eigenvalue weighted by Gasteiger charge is 2.27. The van der Waals surface area contributed by atoms with Gasteiger partial charge in [0.15, 0.2) is 5.96 Å². The molecule has 0 atom stereocenters. The van der Waals surface area contributed by atoms with Crippen LogP contribution in [0.2, 0.25) is 0 Å². The Morgan fingerprint density at radius 3 is 2.77 bits per heavy atom. The number of nitrogens with zero attached hydrogens (tertiary/aromatic N) is 5. The van der Waals surface area contributed by atoms with Crippen molar-refractivity contribution >= 4 is 29.3 Å². The molecule has 0 bridgehead atoms. The number of nitrogens with one attached hydrogen (secondary N) is 1. The summed E-state index contributed by atoms with van der Waals surface area (Å²) in [5.41, 5.74) is 0.847. The van der Waals surface area contributed by atoms with Crippen molar-refractivity contribution in [1.82, 2.24) is 20.0 Å². The van der Waals surface area contributed by atoms with Crippen molar-refractivity contribution in [3.05, 3.63) is 42.7 Å². The Kier molecular flexibility index (Phi) is 6.17. The van der Waals surface area contributed by atoms with E-state index in [2.05, 4.69) is 27.5 Å². The molecule has 2 heterocycles. The summed E-state index contributed by atoms with van der Waals surface area (Å²) in [5.74, 6) is 1.77. The number of carbonyl (C=O) groups is 1. The first kappa shape index (κ1) is 18.3. The number of rotatable bonds is 5. The molecule has 1 aromatic heterocycles. The molecule has 26 heavy (non-hydrogen) atoms. The van der Waals surface area contributed by atoms with Crippen LogP contribution in [0.4, 0.5) is 5.69 Å². The molecule has 1 aliphatic heterocycles. The van der Waals surface area contributed by atoms with Crippen LogP contribution in [0, 0.1) is 0 Å². The monoisotopic (exact) mass is 372 g/mol. The minimum atomic E-state index is 0.0610. The highest BCUT2D eigenvalue weighted by molar-refractivity contribution is 7.99. The molecule has 1 aliphatic rings. The molecule has 0 unspecified atom stereocenters. The average molecular weight is 372 g/mol. The summed E-state index contributed by atoms with van der Waals surface area (Å²) in [7, 11) is 3.61. The zero-order valence-electron chi connectivity index (χ0n) is 15.1. The molecule has 2 aromatic rings. The lowest BCUT2D eigenvalue weighted by atomic mass is 10.3. The molecule has 1 amide bonds. The van der Waals surface area contributed by atoms with Gasteiger partial charge in [-0.2, -0.15) is 5.10 Å². The molecule has 0 saturated carbocycles. The number of amides is 1. The smallest absolute Gasteiger partial charge is 0.246 e. The lowest BCUT2D eigenvalue weighted by Gasteiger charge is -2.35. The number of hydrogen-bond donors (Lipinski definition) is 1. The van der Waals surface area contributed by atoms with Crippen molar-refractivity contribution in [1.29, 1.82) is 0 Å². The van der Waals surface area contributed by atoms with E-state index in [1.165, 1.54) is 4.90 Å². The van der Waals surface area contributed by atoms with Crippen molar-refractivity contribution in [3.8, 4) is 0 Å². The SMILES string of the molecule is CN=C(NCCSc1ccccc1)N1CCN(c2cnn(C)c2)C(=O)C1. The van der Waals surface area contributed by atoms with E-state index >= 15 is 0 Å². The number of hydrogen-bond acceptors (Lipinski definition) is 4. The van der Waals surface area contributed by atoms with Gasteiger partial charge in [-0.3, -0.25) is 14.5 Å². The highest BCUT2D eigenvalue weighted by atomic mass is 32.2. The van der Waals surface area contributed by atoms with Crippen molar-refractivity contribution in [3.63, 3.8) is 0 Å². The molecule has 1 saturated heterocycles. The minimum Gasteiger partial charge on any atom is -0.355 e. The predicted molar refractivity (Wildman–Crippen MR) is 106 cm³/mol. The molecule has 138 valence electrons. The Balaban J connectivity index is 1.48. The van der Waals surface area contributed by atoms with Crippen molar-refractivity contribution in [2.75, 3.05) is 43.9 Å². The Morgan fingerprint density at radius 2 is 2.12 bits per heavy atom. The van der Waals surface area contributed by atoms with E-state index in [0.717, 1.165) is 30.5 Å². The maximum Gasteiger partial charge on any atom is 0.246 e. The number of carbonyl (C=O) groups excluding carboxylic acids is 1. The number of aryl methyl sites for hydroxylation is 1. The number of piperazine rings is 1. The van der Waals surface area contributed by atoms with Gasteiger partial charge in [-0.15, -0.1) is 11.8 Å². The molecule has 1 N–H and O–H groups in total. The van der Waals surface area contributed by atoms with Gasteiger partial charge >= 0.3 is 0 Å². The third kappa shape index (κ3) is 4.57. The summed E-state index contributed by atoms with van der Waals surface area (Å²) in [5, 5.41) is 7.50. The Labute approximate surface area is 158 Å². The number of benzene rings is 1. The average Bonchev–Trinajstić information content (AvgIpc) is 3.08. The van der Waals surface area contributed by atoms with Crippen molar-refractivity contribution in [2.45, 2.75) is 4.90 Å². The Hall–Kier alpha value is -2.48. The molecule has 1 fully saturated rings. The van der Waals surface area contributed by atoms with E-state index < -0.39 is 0 Å². The van der Waals surface area contributed by atoms with E-state index in [4.69, 9.17) is 0 Å².